The Kier molecular flexibility index (Phi) is 2.96. The molecule has 0 spiro atoms. The van der Waals surface area contributed by atoms with Gasteiger partial charge in [-0.2, -0.15) is 8.42 Å². The van der Waals surface area contributed by atoms with Crippen LogP contribution in [0.1, 0.15) is 6.92 Å². The van der Waals surface area contributed by atoms with Gasteiger partial charge in [0.15, 0.2) is 0 Å². The molecule has 0 saturated heterocycles. The van der Waals surface area contributed by atoms with Crippen molar-refractivity contribution in [3.05, 3.63) is 0 Å². The van der Waals surface area contributed by atoms with Crippen LogP contribution >= 0.6 is 7.68 Å². The Hall–Kier alpha value is -0.230. The van der Waals surface area contributed by atoms with E-state index in [4.69, 9.17) is 5.73 Å². The Morgan fingerprint density at radius 1 is 1.45 bits per heavy atom. The van der Waals surface area contributed by atoms with Crippen LogP contribution < -0.4 is 5.73 Å². The zero-order valence-electron chi connectivity index (χ0n) is 5.97. The minimum absolute atomic E-state index is 0.845. The SMILES string of the molecule is COS(=O)(=O)C(C)(N)P(=O)=O. The van der Waals surface area contributed by atoms with Crippen LogP contribution in [0, 0.1) is 0 Å². The third-order valence-corrected chi connectivity index (χ3v) is 4.38. The number of nitrogens with two attached hydrogens (primary N) is 1. The maximum Gasteiger partial charge on any atom is 0.354 e. The predicted molar refractivity (Wildman–Crippen MR) is 36.8 cm³/mol. The molecule has 0 aromatic carbocycles. The van der Waals surface area contributed by atoms with E-state index in [2.05, 4.69) is 4.18 Å². The van der Waals surface area contributed by atoms with Crippen molar-refractivity contribution >= 4 is 17.8 Å². The summed E-state index contributed by atoms with van der Waals surface area (Å²) in [7, 11) is -6.64. The van der Waals surface area contributed by atoms with Gasteiger partial charge in [-0.05, 0) is 6.92 Å². The van der Waals surface area contributed by atoms with Gasteiger partial charge in [-0.25, -0.2) is 9.13 Å². The molecule has 0 aromatic rings. The average molecular weight is 201 g/mol. The molecule has 1 atom stereocenters. The molecule has 0 fully saturated rings. The first-order chi connectivity index (χ1) is 4.75. The van der Waals surface area contributed by atoms with Crippen LogP contribution in [0.5, 0.6) is 0 Å². The Morgan fingerprint density at radius 3 is 1.91 bits per heavy atom. The smallest absolute Gasteiger partial charge is 0.299 e. The second-order valence-electron chi connectivity index (χ2n) is 1.93. The van der Waals surface area contributed by atoms with Gasteiger partial charge in [0.2, 0.25) is 0 Å². The molecular weight excluding hydrogens is 193 g/mol. The molecule has 0 amide bonds. The highest BCUT2D eigenvalue weighted by Gasteiger charge is 2.41. The maximum atomic E-state index is 10.7. The molecule has 0 bridgehead atoms. The van der Waals surface area contributed by atoms with Gasteiger partial charge < -0.3 is 0 Å². The molecule has 0 aliphatic rings. The molecule has 2 N–H and O–H groups in total. The van der Waals surface area contributed by atoms with Gasteiger partial charge in [0, 0.05) is 0 Å². The highest BCUT2D eigenvalue weighted by molar-refractivity contribution is 7.93. The van der Waals surface area contributed by atoms with Crippen molar-refractivity contribution in [1.82, 2.24) is 0 Å². The van der Waals surface area contributed by atoms with Gasteiger partial charge in [0.1, 0.15) is 0 Å². The number of hydrogen-bond acceptors (Lipinski definition) is 6. The molecular formula is C3H8NO5PS. The predicted octanol–water partition coefficient (Wildman–Crippen LogP) is -0.232. The van der Waals surface area contributed by atoms with Crippen LogP contribution in [0.15, 0.2) is 0 Å². The van der Waals surface area contributed by atoms with Crippen molar-refractivity contribution in [2.75, 3.05) is 7.11 Å². The van der Waals surface area contributed by atoms with Crippen LogP contribution in [0.25, 0.3) is 0 Å². The molecule has 0 aromatic heterocycles. The Balaban J connectivity index is 5.17. The molecule has 8 heteroatoms. The fourth-order valence-electron chi connectivity index (χ4n) is 0.260. The summed E-state index contributed by atoms with van der Waals surface area (Å²) in [4.78, 5) is 0. The third kappa shape index (κ3) is 1.87. The lowest BCUT2D eigenvalue weighted by Crippen LogP contribution is -2.40. The number of hydrogen-bond donors (Lipinski definition) is 1. The molecule has 0 saturated carbocycles. The van der Waals surface area contributed by atoms with Crippen LogP contribution in [-0.4, -0.2) is 20.1 Å². The van der Waals surface area contributed by atoms with Crippen LogP contribution in [0.2, 0.25) is 0 Å². The largest absolute Gasteiger partial charge is 0.354 e. The molecule has 66 valence electrons. The lowest BCUT2D eigenvalue weighted by atomic mass is 10.8. The summed E-state index contributed by atoms with van der Waals surface area (Å²) in [6, 6.07) is 0. The van der Waals surface area contributed by atoms with Crippen LogP contribution in [-0.2, 0) is 23.4 Å². The maximum absolute atomic E-state index is 10.7. The highest BCUT2D eigenvalue weighted by Crippen LogP contribution is 2.29. The van der Waals surface area contributed by atoms with Crippen molar-refractivity contribution in [2.45, 2.75) is 11.5 Å². The van der Waals surface area contributed by atoms with Gasteiger partial charge in [-0.1, -0.05) is 0 Å². The van der Waals surface area contributed by atoms with E-state index in [0.717, 1.165) is 14.0 Å². The first-order valence-corrected chi connectivity index (χ1v) is 5.08. The normalized spacial score (nSPS) is 17.4. The van der Waals surface area contributed by atoms with E-state index >= 15 is 0 Å². The van der Waals surface area contributed by atoms with Crippen molar-refractivity contribution in [2.24, 2.45) is 5.73 Å². The summed E-state index contributed by atoms with van der Waals surface area (Å²) >= 11 is 0. The molecule has 1 unspecified atom stereocenters. The van der Waals surface area contributed by atoms with E-state index < -0.39 is 22.4 Å². The van der Waals surface area contributed by atoms with Gasteiger partial charge >= 0.3 is 7.68 Å². The lowest BCUT2D eigenvalue weighted by Gasteiger charge is -2.12. The second kappa shape index (κ2) is 3.02. The second-order valence-corrected chi connectivity index (χ2v) is 5.77. The molecule has 0 heterocycles. The molecule has 0 rings (SSSR count). The molecule has 0 aliphatic heterocycles. The van der Waals surface area contributed by atoms with Gasteiger partial charge in [-0.3, -0.25) is 9.92 Å². The van der Waals surface area contributed by atoms with Crippen LogP contribution in [0.3, 0.4) is 0 Å². The summed E-state index contributed by atoms with van der Waals surface area (Å²) in [5, 5.41) is 0. The lowest BCUT2D eigenvalue weighted by molar-refractivity contribution is 0.381. The Bertz CT molecular complexity index is 294. The van der Waals surface area contributed by atoms with E-state index in [1.165, 1.54) is 0 Å². The zero-order chi connectivity index (χ0) is 9.28. The van der Waals surface area contributed by atoms with Crippen molar-refractivity contribution in [1.29, 1.82) is 0 Å². The first-order valence-electron chi connectivity index (χ1n) is 2.49. The summed E-state index contributed by atoms with van der Waals surface area (Å²) in [6.45, 7) is 0.845. The monoisotopic (exact) mass is 201 g/mol. The fourth-order valence-corrected chi connectivity index (χ4v) is 1.55. The third-order valence-electron chi connectivity index (χ3n) is 1.09. The van der Waals surface area contributed by atoms with Crippen molar-refractivity contribution < 1.29 is 21.7 Å². The molecule has 11 heavy (non-hydrogen) atoms. The average Bonchev–Trinajstić information content (AvgIpc) is 1.87. The Labute approximate surface area is 64.7 Å². The van der Waals surface area contributed by atoms with E-state index in [0.29, 0.717) is 0 Å². The van der Waals surface area contributed by atoms with Gasteiger partial charge in [0.25, 0.3) is 14.7 Å². The van der Waals surface area contributed by atoms with Gasteiger partial charge in [0.05, 0.1) is 7.11 Å². The number of rotatable bonds is 3. The zero-order valence-corrected chi connectivity index (χ0v) is 7.68. The van der Waals surface area contributed by atoms with Crippen molar-refractivity contribution in [3.8, 4) is 0 Å². The first kappa shape index (κ1) is 10.8. The fraction of sp³-hybridized carbons (Fsp3) is 1.00. The quantitative estimate of drug-likeness (QED) is 0.499. The van der Waals surface area contributed by atoms with E-state index in [-0.39, 0.29) is 0 Å². The summed E-state index contributed by atoms with van der Waals surface area (Å²) in [5.74, 6) is 0. The summed E-state index contributed by atoms with van der Waals surface area (Å²) in [5.41, 5.74) is 4.94. The van der Waals surface area contributed by atoms with E-state index in [1.54, 1.807) is 0 Å². The standard InChI is InChI=1S/C3H8NO5PS/c1-3(4,10(5)6)11(7,8)9-2/h4H2,1-2H3. The van der Waals surface area contributed by atoms with Crippen LogP contribution in [0.4, 0.5) is 0 Å². The van der Waals surface area contributed by atoms with E-state index in [1.807, 2.05) is 0 Å². The van der Waals surface area contributed by atoms with E-state index in [9.17, 15) is 17.5 Å². The molecule has 0 radical (unpaired) electrons. The summed E-state index contributed by atoms with van der Waals surface area (Å²) in [6.07, 6.45) is 0. The van der Waals surface area contributed by atoms with Crippen molar-refractivity contribution in [3.63, 3.8) is 0 Å². The van der Waals surface area contributed by atoms with Gasteiger partial charge in [-0.15, -0.1) is 0 Å². The molecule has 0 aliphatic carbocycles. The summed E-state index contributed by atoms with van der Waals surface area (Å²) < 4.78 is 43.6. The minimum atomic E-state index is -4.22. The highest BCUT2D eigenvalue weighted by atomic mass is 32.2. The molecule has 6 nitrogen and oxygen atoms in total. The Morgan fingerprint density at radius 2 is 1.82 bits per heavy atom. The minimum Gasteiger partial charge on any atom is -0.299 e. The topological polar surface area (TPSA) is 104 Å².